The molecule has 0 bridgehead atoms. The maximum atomic E-state index is 10.0. The summed E-state index contributed by atoms with van der Waals surface area (Å²) in [5.74, 6) is 0. The second-order valence-corrected chi connectivity index (χ2v) is 5.84. The Labute approximate surface area is 122 Å². The van der Waals surface area contributed by atoms with Crippen molar-refractivity contribution in [2.45, 2.75) is 26.0 Å². The van der Waals surface area contributed by atoms with Gasteiger partial charge in [0.25, 0.3) is 0 Å². The number of benzene rings is 1. The standard InChI is InChI=1S/C16H27N3O/c1-14(2)17-12-16(20)13-18-8-10-19(11-9-18)15-6-4-3-5-7-15/h3-7,14,16-17,20H,8-13H2,1-2H3. The van der Waals surface area contributed by atoms with E-state index >= 15 is 0 Å². The third-order valence-corrected chi connectivity index (χ3v) is 3.72. The van der Waals surface area contributed by atoms with Crippen molar-refractivity contribution < 1.29 is 5.11 Å². The van der Waals surface area contributed by atoms with Crippen LogP contribution in [-0.4, -0.2) is 61.4 Å². The number of hydrogen-bond donors (Lipinski definition) is 2. The third-order valence-electron chi connectivity index (χ3n) is 3.72. The number of nitrogens with one attached hydrogen (secondary N) is 1. The molecule has 0 aliphatic carbocycles. The van der Waals surface area contributed by atoms with Gasteiger partial charge in [-0.2, -0.15) is 0 Å². The van der Waals surface area contributed by atoms with E-state index in [2.05, 4.69) is 59.3 Å². The molecule has 1 aromatic rings. The summed E-state index contributed by atoms with van der Waals surface area (Å²) in [5.41, 5.74) is 1.30. The second-order valence-electron chi connectivity index (χ2n) is 5.84. The van der Waals surface area contributed by atoms with Crippen LogP contribution in [0.5, 0.6) is 0 Å². The van der Waals surface area contributed by atoms with Crippen LogP contribution in [-0.2, 0) is 0 Å². The number of aliphatic hydroxyl groups excluding tert-OH is 1. The number of nitrogens with zero attached hydrogens (tertiary/aromatic N) is 2. The number of para-hydroxylation sites is 1. The molecule has 0 amide bonds. The summed E-state index contributed by atoms with van der Waals surface area (Å²) in [7, 11) is 0. The van der Waals surface area contributed by atoms with Gasteiger partial charge in [-0.05, 0) is 12.1 Å². The summed E-state index contributed by atoms with van der Waals surface area (Å²) >= 11 is 0. The lowest BCUT2D eigenvalue weighted by molar-refractivity contribution is 0.106. The van der Waals surface area contributed by atoms with Crippen molar-refractivity contribution >= 4 is 5.69 Å². The van der Waals surface area contributed by atoms with Crippen molar-refractivity contribution in [2.24, 2.45) is 0 Å². The summed E-state index contributed by atoms with van der Waals surface area (Å²) in [6, 6.07) is 11.0. The summed E-state index contributed by atoms with van der Waals surface area (Å²) in [5, 5.41) is 13.3. The average Bonchev–Trinajstić information content (AvgIpc) is 2.47. The molecule has 112 valence electrons. The van der Waals surface area contributed by atoms with Gasteiger partial charge < -0.3 is 15.3 Å². The molecule has 4 nitrogen and oxygen atoms in total. The van der Waals surface area contributed by atoms with Gasteiger partial charge >= 0.3 is 0 Å². The molecule has 2 N–H and O–H groups in total. The summed E-state index contributed by atoms with van der Waals surface area (Å²) in [6.45, 7) is 9.76. The van der Waals surface area contributed by atoms with Crippen LogP contribution in [0.15, 0.2) is 30.3 Å². The summed E-state index contributed by atoms with van der Waals surface area (Å²) < 4.78 is 0. The van der Waals surface area contributed by atoms with Gasteiger partial charge in [-0.25, -0.2) is 0 Å². The predicted octanol–water partition coefficient (Wildman–Crippen LogP) is 1.17. The fraction of sp³-hybridized carbons (Fsp3) is 0.625. The van der Waals surface area contributed by atoms with E-state index in [4.69, 9.17) is 0 Å². The number of β-amino-alcohol motifs (C(OH)–C–C–N with tert-alkyl or cyclic N) is 1. The lowest BCUT2D eigenvalue weighted by Crippen LogP contribution is -2.50. The highest BCUT2D eigenvalue weighted by molar-refractivity contribution is 5.46. The van der Waals surface area contributed by atoms with E-state index in [-0.39, 0.29) is 6.10 Å². The van der Waals surface area contributed by atoms with E-state index in [1.54, 1.807) is 0 Å². The van der Waals surface area contributed by atoms with Crippen LogP contribution in [0.3, 0.4) is 0 Å². The predicted molar refractivity (Wildman–Crippen MR) is 84.2 cm³/mol. The van der Waals surface area contributed by atoms with Crippen LogP contribution < -0.4 is 10.2 Å². The molecule has 1 aliphatic heterocycles. The zero-order chi connectivity index (χ0) is 14.4. The highest BCUT2D eigenvalue weighted by Crippen LogP contribution is 2.15. The van der Waals surface area contributed by atoms with Gasteiger partial charge in [0.2, 0.25) is 0 Å². The van der Waals surface area contributed by atoms with E-state index in [0.717, 1.165) is 32.7 Å². The largest absolute Gasteiger partial charge is 0.390 e. The van der Waals surface area contributed by atoms with Crippen LogP contribution >= 0.6 is 0 Å². The highest BCUT2D eigenvalue weighted by atomic mass is 16.3. The van der Waals surface area contributed by atoms with Gasteiger partial charge in [-0.3, -0.25) is 4.90 Å². The minimum absolute atomic E-state index is 0.277. The topological polar surface area (TPSA) is 38.7 Å². The van der Waals surface area contributed by atoms with E-state index in [0.29, 0.717) is 12.6 Å². The van der Waals surface area contributed by atoms with Crippen molar-refractivity contribution in [1.29, 1.82) is 0 Å². The van der Waals surface area contributed by atoms with Gasteiger partial charge in [-0.15, -0.1) is 0 Å². The molecule has 0 radical (unpaired) electrons. The van der Waals surface area contributed by atoms with Gasteiger partial charge in [0, 0.05) is 51.0 Å². The third kappa shape index (κ3) is 4.78. The summed E-state index contributed by atoms with van der Waals surface area (Å²) in [4.78, 5) is 4.77. The van der Waals surface area contributed by atoms with Crippen molar-refractivity contribution in [3.63, 3.8) is 0 Å². The number of piperazine rings is 1. The highest BCUT2D eigenvalue weighted by Gasteiger charge is 2.19. The fourth-order valence-corrected chi connectivity index (χ4v) is 2.56. The lowest BCUT2D eigenvalue weighted by atomic mass is 10.2. The normalized spacial score (nSPS) is 18.5. The number of rotatable bonds is 6. The van der Waals surface area contributed by atoms with E-state index in [1.165, 1.54) is 5.69 Å². The Hall–Kier alpha value is -1.10. The molecule has 0 aromatic heterocycles. The molecule has 20 heavy (non-hydrogen) atoms. The van der Waals surface area contributed by atoms with E-state index < -0.39 is 0 Å². The van der Waals surface area contributed by atoms with Crippen LogP contribution in [0.2, 0.25) is 0 Å². The Morgan fingerprint density at radius 1 is 1.10 bits per heavy atom. The Bertz CT molecular complexity index is 375. The Kier molecular flexibility index (Phi) is 5.83. The molecule has 1 saturated heterocycles. The molecule has 1 unspecified atom stereocenters. The maximum Gasteiger partial charge on any atom is 0.0791 e. The van der Waals surface area contributed by atoms with Crippen LogP contribution in [0.1, 0.15) is 13.8 Å². The van der Waals surface area contributed by atoms with Crippen molar-refractivity contribution in [2.75, 3.05) is 44.2 Å². The SMILES string of the molecule is CC(C)NCC(O)CN1CCN(c2ccccc2)CC1. The molecule has 1 fully saturated rings. The van der Waals surface area contributed by atoms with Crippen LogP contribution in [0.4, 0.5) is 5.69 Å². The smallest absolute Gasteiger partial charge is 0.0791 e. The molecule has 0 spiro atoms. The maximum absolute atomic E-state index is 10.0. The van der Waals surface area contributed by atoms with E-state index in [1.807, 2.05) is 0 Å². The first-order chi connectivity index (χ1) is 9.65. The van der Waals surface area contributed by atoms with Crippen molar-refractivity contribution in [3.05, 3.63) is 30.3 Å². The van der Waals surface area contributed by atoms with Gasteiger partial charge in [0.15, 0.2) is 0 Å². The van der Waals surface area contributed by atoms with E-state index in [9.17, 15) is 5.11 Å². The molecule has 1 atom stereocenters. The fourth-order valence-electron chi connectivity index (χ4n) is 2.56. The quantitative estimate of drug-likeness (QED) is 0.819. The first-order valence-electron chi connectivity index (χ1n) is 7.59. The van der Waals surface area contributed by atoms with Gasteiger partial charge in [-0.1, -0.05) is 32.0 Å². The van der Waals surface area contributed by atoms with Crippen LogP contribution in [0.25, 0.3) is 0 Å². The zero-order valence-electron chi connectivity index (χ0n) is 12.6. The monoisotopic (exact) mass is 277 g/mol. The molecule has 0 saturated carbocycles. The molecule has 1 heterocycles. The second kappa shape index (κ2) is 7.62. The first-order valence-corrected chi connectivity index (χ1v) is 7.59. The average molecular weight is 277 g/mol. The molecule has 1 aromatic carbocycles. The Morgan fingerprint density at radius 3 is 2.35 bits per heavy atom. The van der Waals surface area contributed by atoms with Gasteiger partial charge in [0.1, 0.15) is 0 Å². The Morgan fingerprint density at radius 2 is 1.75 bits per heavy atom. The molecular weight excluding hydrogens is 250 g/mol. The van der Waals surface area contributed by atoms with Crippen LogP contribution in [0, 0.1) is 0 Å². The minimum atomic E-state index is -0.277. The summed E-state index contributed by atoms with van der Waals surface area (Å²) in [6.07, 6.45) is -0.277. The lowest BCUT2D eigenvalue weighted by Gasteiger charge is -2.37. The number of anilines is 1. The van der Waals surface area contributed by atoms with Crippen molar-refractivity contribution in [1.82, 2.24) is 10.2 Å². The van der Waals surface area contributed by atoms with Crippen molar-refractivity contribution in [3.8, 4) is 0 Å². The van der Waals surface area contributed by atoms with Gasteiger partial charge in [0.05, 0.1) is 6.10 Å². The minimum Gasteiger partial charge on any atom is -0.390 e. The number of aliphatic hydroxyl groups is 1. The molecule has 2 rings (SSSR count). The zero-order valence-corrected chi connectivity index (χ0v) is 12.6. The first kappa shape index (κ1) is 15.3. The molecule has 4 heteroatoms. The molecular formula is C16H27N3O. The number of hydrogen-bond acceptors (Lipinski definition) is 4. The Balaban J connectivity index is 1.71. The molecule has 1 aliphatic rings.